The van der Waals surface area contributed by atoms with Crippen molar-refractivity contribution in [1.29, 1.82) is 0 Å². The molecule has 0 amide bonds. The average Bonchev–Trinajstić information content (AvgIpc) is 2.75. The molecule has 0 saturated carbocycles. The zero-order valence-electron chi connectivity index (χ0n) is 9.02. The lowest BCUT2D eigenvalue weighted by Gasteiger charge is -2.21. The minimum absolute atomic E-state index is 0.885. The summed E-state index contributed by atoms with van der Waals surface area (Å²) in [6, 6.07) is 1.97. The zero-order chi connectivity index (χ0) is 10.3. The van der Waals surface area contributed by atoms with Crippen LogP contribution in [-0.4, -0.2) is 53.9 Å². The fourth-order valence-electron chi connectivity index (χ4n) is 1.74. The molecule has 0 aliphatic carbocycles. The van der Waals surface area contributed by atoms with Crippen LogP contribution in [0.4, 0.5) is 0 Å². The lowest BCUT2D eigenvalue weighted by molar-refractivity contribution is 0.213. The highest BCUT2D eigenvalue weighted by Gasteiger charge is 2.06. The van der Waals surface area contributed by atoms with Crippen LogP contribution in [0.1, 0.15) is 0 Å². The maximum Gasteiger partial charge on any atom is 0.0929 e. The Balaban J connectivity index is 1.82. The monoisotopic (exact) mass is 209 g/mol. The molecule has 1 aliphatic rings. The molecule has 0 bridgehead atoms. The van der Waals surface area contributed by atoms with E-state index in [1.165, 1.54) is 0 Å². The molecular weight excluding hydrogens is 190 g/mol. The molecule has 0 radical (unpaired) electrons. The third-order valence-corrected chi connectivity index (χ3v) is 2.59. The van der Waals surface area contributed by atoms with Crippen molar-refractivity contribution in [3.63, 3.8) is 0 Å². The first-order valence-electron chi connectivity index (χ1n) is 5.56. The molecular formula is C10H19N5. The van der Waals surface area contributed by atoms with Crippen LogP contribution >= 0.6 is 0 Å². The predicted molar refractivity (Wildman–Crippen MR) is 59.5 cm³/mol. The summed E-state index contributed by atoms with van der Waals surface area (Å²) >= 11 is 0. The lowest BCUT2D eigenvalue weighted by atomic mass is 10.5. The van der Waals surface area contributed by atoms with Gasteiger partial charge in [0, 0.05) is 51.7 Å². The van der Waals surface area contributed by atoms with Crippen molar-refractivity contribution < 1.29 is 0 Å². The standard InChI is InChI=1S/C10H19N5/c1-2-13-15(7-1)10-14-8-5-11-3-4-12-6-9-14/h1-2,7,11-12H,3-6,8-10H2. The van der Waals surface area contributed by atoms with Crippen LogP contribution in [0.5, 0.6) is 0 Å². The van der Waals surface area contributed by atoms with Crippen LogP contribution in [0.3, 0.4) is 0 Å². The molecule has 0 unspecified atom stereocenters. The molecule has 1 saturated heterocycles. The second-order valence-corrected chi connectivity index (χ2v) is 3.80. The average molecular weight is 209 g/mol. The lowest BCUT2D eigenvalue weighted by Crippen LogP contribution is -2.35. The number of nitrogens with zero attached hydrogens (tertiary/aromatic N) is 3. The van der Waals surface area contributed by atoms with Crippen LogP contribution < -0.4 is 10.6 Å². The topological polar surface area (TPSA) is 45.1 Å². The van der Waals surface area contributed by atoms with Gasteiger partial charge in [0.1, 0.15) is 0 Å². The van der Waals surface area contributed by atoms with Crippen LogP contribution in [0.25, 0.3) is 0 Å². The largest absolute Gasteiger partial charge is 0.314 e. The van der Waals surface area contributed by atoms with E-state index < -0.39 is 0 Å². The van der Waals surface area contributed by atoms with Gasteiger partial charge in [-0.25, -0.2) is 0 Å². The van der Waals surface area contributed by atoms with Gasteiger partial charge in [-0.3, -0.25) is 9.58 Å². The molecule has 1 aliphatic heterocycles. The van der Waals surface area contributed by atoms with Crippen molar-refractivity contribution in [3.05, 3.63) is 18.5 Å². The molecule has 2 rings (SSSR count). The Hall–Kier alpha value is -0.910. The van der Waals surface area contributed by atoms with E-state index in [0.717, 1.165) is 45.9 Å². The van der Waals surface area contributed by atoms with Crippen molar-refractivity contribution in [2.24, 2.45) is 0 Å². The van der Waals surface area contributed by atoms with Crippen molar-refractivity contribution in [3.8, 4) is 0 Å². The zero-order valence-corrected chi connectivity index (χ0v) is 9.02. The Morgan fingerprint density at radius 3 is 2.40 bits per heavy atom. The second kappa shape index (κ2) is 5.85. The smallest absolute Gasteiger partial charge is 0.0929 e. The maximum atomic E-state index is 4.22. The first-order valence-corrected chi connectivity index (χ1v) is 5.56. The minimum Gasteiger partial charge on any atom is -0.314 e. The summed E-state index contributed by atoms with van der Waals surface area (Å²) in [6.45, 7) is 7.30. The van der Waals surface area contributed by atoms with Gasteiger partial charge in [0.25, 0.3) is 0 Å². The number of rotatable bonds is 2. The highest BCUT2D eigenvalue weighted by atomic mass is 15.4. The third kappa shape index (κ3) is 3.62. The summed E-state index contributed by atoms with van der Waals surface area (Å²) in [5.74, 6) is 0. The number of hydrogen-bond donors (Lipinski definition) is 2. The SMILES string of the molecule is c1cnn(CN2CCNCCNCC2)c1. The van der Waals surface area contributed by atoms with E-state index in [1.807, 2.05) is 23.1 Å². The highest BCUT2D eigenvalue weighted by molar-refractivity contribution is 4.77. The van der Waals surface area contributed by atoms with E-state index >= 15 is 0 Å². The first kappa shape index (κ1) is 10.6. The van der Waals surface area contributed by atoms with E-state index in [-0.39, 0.29) is 0 Å². The highest BCUT2D eigenvalue weighted by Crippen LogP contribution is 1.93. The van der Waals surface area contributed by atoms with Crippen LogP contribution in [0, 0.1) is 0 Å². The van der Waals surface area contributed by atoms with Crippen LogP contribution in [-0.2, 0) is 6.67 Å². The summed E-state index contributed by atoms with van der Waals surface area (Å²) in [5.41, 5.74) is 0. The van der Waals surface area contributed by atoms with Crippen molar-refractivity contribution in [1.82, 2.24) is 25.3 Å². The molecule has 5 heteroatoms. The molecule has 0 aromatic carbocycles. The third-order valence-electron chi connectivity index (χ3n) is 2.59. The molecule has 1 fully saturated rings. The van der Waals surface area contributed by atoms with E-state index in [4.69, 9.17) is 0 Å². The molecule has 0 spiro atoms. The molecule has 2 heterocycles. The van der Waals surface area contributed by atoms with E-state index in [0.29, 0.717) is 0 Å². The van der Waals surface area contributed by atoms with E-state index in [1.54, 1.807) is 0 Å². The van der Waals surface area contributed by atoms with Gasteiger partial charge >= 0.3 is 0 Å². The number of aromatic nitrogens is 2. The molecule has 2 N–H and O–H groups in total. The maximum absolute atomic E-state index is 4.22. The van der Waals surface area contributed by atoms with Crippen molar-refractivity contribution in [2.45, 2.75) is 6.67 Å². The van der Waals surface area contributed by atoms with Gasteiger partial charge in [0.05, 0.1) is 6.67 Å². The Kier molecular flexibility index (Phi) is 4.13. The summed E-state index contributed by atoms with van der Waals surface area (Å²) < 4.78 is 1.97. The Morgan fingerprint density at radius 1 is 1.07 bits per heavy atom. The summed E-state index contributed by atoms with van der Waals surface area (Å²) in [7, 11) is 0. The predicted octanol–water partition coefficient (Wildman–Crippen LogP) is -0.665. The molecule has 15 heavy (non-hydrogen) atoms. The first-order chi connectivity index (χ1) is 7.45. The Bertz CT molecular complexity index is 249. The molecule has 84 valence electrons. The fraction of sp³-hybridized carbons (Fsp3) is 0.700. The van der Waals surface area contributed by atoms with Gasteiger partial charge in [-0.1, -0.05) is 0 Å². The summed E-state index contributed by atoms with van der Waals surface area (Å²) in [4.78, 5) is 2.40. The summed E-state index contributed by atoms with van der Waals surface area (Å²) in [5, 5.41) is 11.0. The quantitative estimate of drug-likeness (QED) is 0.678. The normalized spacial score (nSPS) is 20.5. The number of nitrogens with one attached hydrogen (secondary N) is 2. The summed E-state index contributed by atoms with van der Waals surface area (Å²) in [6.07, 6.45) is 3.83. The second-order valence-electron chi connectivity index (χ2n) is 3.80. The van der Waals surface area contributed by atoms with Crippen molar-refractivity contribution >= 4 is 0 Å². The Morgan fingerprint density at radius 2 is 1.80 bits per heavy atom. The van der Waals surface area contributed by atoms with Gasteiger partial charge in [0.2, 0.25) is 0 Å². The molecule has 1 aromatic rings. The Labute approximate surface area is 90.4 Å². The van der Waals surface area contributed by atoms with E-state index in [9.17, 15) is 0 Å². The fourth-order valence-corrected chi connectivity index (χ4v) is 1.74. The van der Waals surface area contributed by atoms with Crippen molar-refractivity contribution in [2.75, 3.05) is 39.3 Å². The van der Waals surface area contributed by atoms with Gasteiger partial charge in [-0.2, -0.15) is 5.10 Å². The number of hydrogen-bond acceptors (Lipinski definition) is 4. The molecule has 1 aromatic heterocycles. The van der Waals surface area contributed by atoms with Gasteiger partial charge < -0.3 is 10.6 Å². The van der Waals surface area contributed by atoms with E-state index in [2.05, 4.69) is 20.6 Å². The van der Waals surface area contributed by atoms with Crippen LogP contribution in [0.2, 0.25) is 0 Å². The van der Waals surface area contributed by atoms with Crippen LogP contribution in [0.15, 0.2) is 18.5 Å². The minimum atomic E-state index is 0.885. The molecule has 5 nitrogen and oxygen atoms in total. The van der Waals surface area contributed by atoms with Gasteiger partial charge in [0.15, 0.2) is 0 Å². The van der Waals surface area contributed by atoms with Gasteiger partial charge in [-0.05, 0) is 6.07 Å². The molecule has 0 atom stereocenters. The van der Waals surface area contributed by atoms with Gasteiger partial charge in [-0.15, -0.1) is 0 Å².